The van der Waals surface area contributed by atoms with Crippen LogP contribution in [-0.4, -0.2) is 24.4 Å². The topological polar surface area (TPSA) is 70.2 Å². The van der Waals surface area contributed by atoms with Crippen molar-refractivity contribution in [3.05, 3.63) is 59.9 Å². The Kier molecular flexibility index (Phi) is 6.41. The Morgan fingerprint density at radius 3 is 2.56 bits per heavy atom. The lowest BCUT2D eigenvalue weighted by Crippen LogP contribution is -2.36. The molecule has 0 atom stereocenters. The molecule has 0 bridgehead atoms. The van der Waals surface area contributed by atoms with Gasteiger partial charge in [-0.25, -0.2) is 4.39 Å². The molecular formula is C21H24FN3O2. The molecule has 0 spiro atoms. The Hall–Kier alpha value is -2.89. The van der Waals surface area contributed by atoms with Crippen molar-refractivity contribution in [1.29, 1.82) is 0 Å². The number of hydrogen-bond donors (Lipinski definition) is 3. The number of carbonyl (C=O) groups is 2. The van der Waals surface area contributed by atoms with E-state index in [0.29, 0.717) is 11.3 Å². The van der Waals surface area contributed by atoms with Crippen LogP contribution < -0.4 is 16.0 Å². The zero-order chi connectivity index (χ0) is 19.1. The number of rotatable bonds is 6. The maximum absolute atomic E-state index is 13.6. The third kappa shape index (κ3) is 5.54. The summed E-state index contributed by atoms with van der Waals surface area (Å²) in [7, 11) is 0. The van der Waals surface area contributed by atoms with Crippen LogP contribution in [0.2, 0.25) is 0 Å². The van der Waals surface area contributed by atoms with Gasteiger partial charge in [0.25, 0.3) is 5.91 Å². The van der Waals surface area contributed by atoms with Crippen LogP contribution in [0.1, 0.15) is 42.5 Å². The number of anilines is 2. The molecule has 1 aliphatic rings. The molecule has 2 aromatic rings. The highest BCUT2D eigenvalue weighted by molar-refractivity contribution is 5.98. The van der Waals surface area contributed by atoms with Crippen molar-refractivity contribution in [2.75, 3.05) is 17.2 Å². The largest absolute Gasteiger partial charge is 0.374 e. The first-order chi connectivity index (χ1) is 13.1. The van der Waals surface area contributed by atoms with E-state index in [1.807, 2.05) is 0 Å². The van der Waals surface area contributed by atoms with Crippen LogP contribution in [-0.2, 0) is 4.79 Å². The van der Waals surface area contributed by atoms with Crippen LogP contribution in [0, 0.1) is 5.82 Å². The average molecular weight is 369 g/mol. The van der Waals surface area contributed by atoms with Crippen LogP contribution in [0.4, 0.5) is 15.8 Å². The van der Waals surface area contributed by atoms with Gasteiger partial charge in [-0.3, -0.25) is 9.59 Å². The lowest BCUT2D eigenvalue weighted by Gasteiger charge is -2.22. The normalized spacial score (nSPS) is 14.4. The number of benzene rings is 2. The van der Waals surface area contributed by atoms with E-state index in [4.69, 9.17) is 0 Å². The van der Waals surface area contributed by atoms with Crippen LogP contribution in [0.5, 0.6) is 0 Å². The van der Waals surface area contributed by atoms with Crippen LogP contribution in [0.3, 0.4) is 0 Å². The summed E-state index contributed by atoms with van der Waals surface area (Å²) in [4.78, 5) is 24.5. The first-order valence-corrected chi connectivity index (χ1v) is 9.31. The van der Waals surface area contributed by atoms with Gasteiger partial charge in [0, 0.05) is 17.3 Å². The van der Waals surface area contributed by atoms with Gasteiger partial charge in [0.05, 0.1) is 12.2 Å². The fourth-order valence-corrected chi connectivity index (χ4v) is 3.24. The van der Waals surface area contributed by atoms with Gasteiger partial charge in [-0.2, -0.15) is 0 Å². The molecule has 1 fully saturated rings. The van der Waals surface area contributed by atoms with Crippen molar-refractivity contribution in [1.82, 2.24) is 5.32 Å². The van der Waals surface area contributed by atoms with E-state index in [1.54, 1.807) is 42.5 Å². The van der Waals surface area contributed by atoms with Gasteiger partial charge >= 0.3 is 0 Å². The highest BCUT2D eigenvalue weighted by Gasteiger charge is 2.17. The lowest BCUT2D eigenvalue weighted by atomic mass is 9.95. The lowest BCUT2D eigenvalue weighted by molar-refractivity contribution is -0.114. The van der Waals surface area contributed by atoms with Crippen LogP contribution in [0.15, 0.2) is 48.5 Å². The number of hydrogen-bond acceptors (Lipinski definition) is 3. The number of nitrogens with one attached hydrogen (secondary N) is 3. The molecule has 0 aliphatic heterocycles. The first-order valence-electron chi connectivity index (χ1n) is 9.31. The Morgan fingerprint density at radius 2 is 1.78 bits per heavy atom. The van der Waals surface area contributed by atoms with Crippen molar-refractivity contribution in [2.45, 2.75) is 38.1 Å². The van der Waals surface area contributed by atoms with E-state index in [2.05, 4.69) is 16.0 Å². The van der Waals surface area contributed by atoms with Crippen molar-refractivity contribution in [2.24, 2.45) is 0 Å². The minimum absolute atomic E-state index is 0.0700. The minimum Gasteiger partial charge on any atom is -0.374 e. The van der Waals surface area contributed by atoms with Gasteiger partial charge in [-0.1, -0.05) is 37.5 Å². The molecular weight excluding hydrogens is 345 g/mol. The van der Waals surface area contributed by atoms with E-state index in [9.17, 15) is 14.0 Å². The maximum atomic E-state index is 13.6. The predicted molar refractivity (Wildman–Crippen MR) is 104 cm³/mol. The van der Waals surface area contributed by atoms with Crippen molar-refractivity contribution < 1.29 is 14.0 Å². The number of para-hydroxylation sites is 1. The molecule has 2 aromatic carbocycles. The Bertz CT molecular complexity index is 804. The second-order valence-electron chi connectivity index (χ2n) is 6.77. The smallest absolute Gasteiger partial charge is 0.251 e. The molecule has 0 saturated heterocycles. The summed E-state index contributed by atoms with van der Waals surface area (Å²) in [6, 6.07) is 13.2. The van der Waals surface area contributed by atoms with E-state index in [-0.39, 0.29) is 30.1 Å². The minimum atomic E-state index is -0.410. The fraction of sp³-hybridized carbons (Fsp3) is 0.333. The molecule has 0 heterocycles. The number of carbonyl (C=O) groups excluding carboxylic acids is 2. The van der Waals surface area contributed by atoms with Crippen molar-refractivity contribution >= 4 is 23.2 Å². The Labute approximate surface area is 158 Å². The van der Waals surface area contributed by atoms with Gasteiger partial charge in [-0.15, -0.1) is 0 Å². The molecule has 6 heteroatoms. The number of halogens is 1. The second kappa shape index (κ2) is 9.16. The van der Waals surface area contributed by atoms with Gasteiger partial charge in [0.15, 0.2) is 0 Å². The van der Waals surface area contributed by atoms with E-state index >= 15 is 0 Å². The molecule has 5 nitrogen and oxygen atoms in total. The Balaban J connectivity index is 1.54. The Morgan fingerprint density at radius 1 is 1.00 bits per heavy atom. The summed E-state index contributed by atoms with van der Waals surface area (Å²) in [5, 5.41) is 8.55. The van der Waals surface area contributed by atoms with Crippen molar-refractivity contribution in [3.63, 3.8) is 0 Å². The van der Waals surface area contributed by atoms with Gasteiger partial charge < -0.3 is 16.0 Å². The summed E-state index contributed by atoms with van der Waals surface area (Å²) >= 11 is 0. The molecule has 1 saturated carbocycles. The second-order valence-corrected chi connectivity index (χ2v) is 6.77. The van der Waals surface area contributed by atoms with E-state index in [0.717, 1.165) is 25.7 Å². The average Bonchev–Trinajstić information content (AvgIpc) is 2.68. The van der Waals surface area contributed by atoms with Gasteiger partial charge in [0.1, 0.15) is 5.82 Å². The van der Waals surface area contributed by atoms with Gasteiger partial charge in [0.2, 0.25) is 5.91 Å². The molecule has 0 radical (unpaired) electrons. The number of amides is 2. The van der Waals surface area contributed by atoms with Gasteiger partial charge in [-0.05, 0) is 43.2 Å². The summed E-state index contributed by atoms with van der Waals surface area (Å²) in [6.07, 6.45) is 5.56. The third-order valence-electron chi connectivity index (χ3n) is 4.66. The van der Waals surface area contributed by atoms with Crippen LogP contribution in [0.25, 0.3) is 0 Å². The SMILES string of the molecule is O=C(CNc1ccccc1F)Nc1cccc(C(=O)NC2CCCCC2)c1. The first kappa shape index (κ1) is 18.9. The fourth-order valence-electron chi connectivity index (χ4n) is 3.24. The molecule has 3 N–H and O–H groups in total. The highest BCUT2D eigenvalue weighted by atomic mass is 19.1. The predicted octanol–water partition coefficient (Wildman–Crippen LogP) is 3.94. The van der Waals surface area contributed by atoms with Crippen molar-refractivity contribution in [3.8, 4) is 0 Å². The quantitative estimate of drug-likeness (QED) is 0.722. The molecule has 142 valence electrons. The molecule has 1 aliphatic carbocycles. The zero-order valence-electron chi connectivity index (χ0n) is 15.1. The van der Waals surface area contributed by atoms with Crippen LogP contribution >= 0.6 is 0 Å². The standard InChI is InChI=1S/C21H24FN3O2/c22-18-11-4-5-12-19(18)23-14-20(26)24-17-10-6-7-15(13-17)21(27)25-16-8-2-1-3-9-16/h4-7,10-13,16,23H,1-3,8-9,14H2,(H,24,26)(H,25,27). The maximum Gasteiger partial charge on any atom is 0.251 e. The molecule has 27 heavy (non-hydrogen) atoms. The summed E-state index contributed by atoms with van der Waals surface area (Å²) in [6.45, 7) is -0.0700. The summed E-state index contributed by atoms with van der Waals surface area (Å²) in [5.74, 6) is -0.850. The summed E-state index contributed by atoms with van der Waals surface area (Å²) in [5.41, 5.74) is 1.32. The molecule has 0 unspecified atom stereocenters. The van der Waals surface area contributed by atoms with E-state index < -0.39 is 5.82 Å². The third-order valence-corrected chi connectivity index (χ3v) is 4.66. The molecule has 0 aromatic heterocycles. The molecule has 3 rings (SSSR count). The summed E-state index contributed by atoms with van der Waals surface area (Å²) < 4.78 is 13.6. The molecule has 2 amide bonds. The highest BCUT2D eigenvalue weighted by Crippen LogP contribution is 2.18. The van der Waals surface area contributed by atoms with E-state index in [1.165, 1.54) is 12.5 Å². The monoisotopic (exact) mass is 369 g/mol. The zero-order valence-corrected chi connectivity index (χ0v) is 15.1.